The number of hydrogen-bond acceptors (Lipinski definition) is 1. The monoisotopic (exact) mass is 163 g/mol. The van der Waals surface area contributed by atoms with Crippen LogP contribution in [0.1, 0.15) is 33.4 Å². The second-order valence-corrected chi connectivity index (χ2v) is 1.36. The highest BCUT2D eigenvalue weighted by atomic mass is 14.6. The number of rotatable bonds is 0. The van der Waals surface area contributed by atoms with Crippen LogP contribution in [-0.4, -0.2) is 4.98 Å². The van der Waals surface area contributed by atoms with Crippen molar-refractivity contribution in [3.05, 3.63) is 30.1 Å². The third-order valence-corrected chi connectivity index (χ3v) is 0.813. The first-order chi connectivity index (χ1) is 5.93. The third-order valence-electron chi connectivity index (χ3n) is 0.813. The lowest BCUT2D eigenvalue weighted by Crippen LogP contribution is -1.75. The molecular weight excluding hydrogens is 146 g/mol. The minimum Gasteiger partial charge on any atom is -0.248 e. The summed E-state index contributed by atoms with van der Waals surface area (Å²) in [6, 6.07) is 5.49. The third kappa shape index (κ3) is 6.82. The highest BCUT2D eigenvalue weighted by molar-refractivity contribution is 5.22. The van der Waals surface area contributed by atoms with Gasteiger partial charge in [0, 0.05) is 6.20 Å². The topological polar surface area (TPSA) is 12.9 Å². The molecule has 1 heteroatoms. The van der Waals surface area contributed by atoms with Gasteiger partial charge in [-0.3, -0.25) is 0 Å². The zero-order chi connectivity index (χ0) is 9.82. The van der Waals surface area contributed by atoms with E-state index < -0.39 is 0 Å². The molecular formula is C11H17N. The molecule has 1 heterocycles. The molecule has 0 radical (unpaired) electrons. The largest absolute Gasteiger partial charge is 0.248 e. The van der Waals surface area contributed by atoms with Crippen molar-refractivity contribution in [2.45, 2.75) is 27.7 Å². The standard InChI is InChI=1S/C7H5N.2C2H6/c1-2-7-5-3-4-6-8-7;2*1-2/h1,3-6H;2*1-2H3. The molecule has 0 aliphatic rings. The minimum absolute atomic E-state index is 0.688. The molecule has 1 rings (SSSR count). The van der Waals surface area contributed by atoms with Crippen LogP contribution in [0.3, 0.4) is 0 Å². The Kier molecular flexibility index (Phi) is 13.7. The summed E-state index contributed by atoms with van der Waals surface area (Å²) in [7, 11) is 0. The lowest BCUT2D eigenvalue weighted by Gasteiger charge is -1.81. The second-order valence-electron chi connectivity index (χ2n) is 1.36. The van der Waals surface area contributed by atoms with Gasteiger partial charge in [-0.2, -0.15) is 0 Å². The highest BCUT2D eigenvalue weighted by Gasteiger charge is 1.78. The summed E-state index contributed by atoms with van der Waals surface area (Å²) in [4.78, 5) is 3.86. The van der Waals surface area contributed by atoms with Gasteiger partial charge in [0.15, 0.2) is 0 Å². The lowest BCUT2D eigenvalue weighted by molar-refractivity contribution is 1.29. The molecule has 0 atom stereocenters. The molecule has 0 aromatic carbocycles. The molecule has 0 saturated heterocycles. The Hall–Kier alpha value is -1.29. The maximum Gasteiger partial charge on any atom is 0.112 e. The molecule has 0 amide bonds. The fourth-order valence-corrected chi connectivity index (χ4v) is 0.448. The van der Waals surface area contributed by atoms with Crippen molar-refractivity contribution in [2.75, 3.05) is 0 Å². The zero-order valence-electron chi connectivity index (χ0n) is 8.33. The Balaban J connectivity index is 0. The minimum atomic E-state index is 0.688. The van der Waals surface area contributed by atoms with E-state index in [4.69, 9.17) is 6.42 Å². The van der Waals surface area contributed by atoms with E-state index in [1.807, 2.05) is 39.8 Å². The first-order valence-electron chi connectivity index (χ1n) is 4.31. The summed E-state index contributed by atoms with van der Waals surface area (Å²) in [6.07, 6.45) is 6.71. The van der Waals surface area contributed by atoms with Gasteiger partial charge < -0.3 is 0 Å². The van der Waals surface area contributed by atoms with Gasteiger partial charge in [-0.25, -0.2) is 4.98 Å². The molecule has 0 spiro atoms. The van der Waals surface area contributed by atoms with Gasteiger partial charge >= 0.3 is 0 Å². The molecule has 12 heavy (non-hydrogen) atoms. The van der Waals surface area contributed by atoms with E-state index in [0.717, 1.165) is 0 Å². The average molecular weight is 163 g/mol. The SMILES string of the molecule is C#Cc1ccccn1.CC.CC. The van der Waals surface area contributed by atoms with Gasteiger partial charge in [-0.1, -0.05) is 39.7 Å². The summed E-state index contributed by atoms with van der Waals surface area (Å²) in [5.74, 6) is 2.42. The van der Waals surface area contributed by atoms with E-state index in [1.54, 1.807) is 12.3 Å². The lowest BCUT2D eigenvalue weighted by atomic mass is 10.4. The highest BCUT2D eigenvalue weighted by Crippen LogP contribution is 1.86. The Morgan fingerprint density at radius 1 is 1.17 bits per heavy atom. The molecule has 66 valence electrons. The van der Waals surface area contributed by atoms with Crippen LogP contribution in [0.2, 0.25) is 0 Å². The molecule has 0 unspecified atom stereocenters. The molecule has 1 aromatic rings. The normalized spacial score (nSPS) is 6.25. The summed E-state index contributed by atoms with van der Waals surface area (Å²) in [6.45, 7) is 8.00. The average Bonchev–Trinajstić information content (AvgIpc) is 2.25. The van der Waals surface area contributed by atoms with Crippen molar-refractivity contribution in [3.8, 4) is 12.3 Å². The van der Waals surface area contributed by atoms with Crippen LogP contribution in [0.25, 0.3) is 0 Å². The van der Waals surface area contributed by atoms with Gasteiger partial charge in [0.05, 0.1) is 0 Å². The number of hydrogen-bond donors (Lipinski definition) is 0. The van der Waals surface area contributed by atoms with Crippen LogP contribution in [0.15, 0.2) is 24.4 Å². The van der Waals surface area contributed by atoms with Gasteiger partial charge in [0.1, 0.15) is 5.69 Å². The molecule has 0 N–H and O–H groups in total. The number of aromatic nitrogens is 1. The van der Waals surface area contributed by atoms with Crippen LogP contribution in [0.4, 0.5) is 0 Å². The number of nitrogens with zero attached hydrogens (tertiary/aromatic N) is 1. The van der Waals surface area contributed by atoms with Crippen molar-refractivity contribution in [2.24, 2.45) is 0 Å². The maximum atomic E-state index is 5.04. The van der Waals surface area contributed by atoms with E-state index in [-0.39, 0.29) is 0 Å². The summed E-state index contributed by atoms with van der Waals surface area (Å²) >= 11 is 0. The summed E-state index contributed by atoms with van der Waals surface area (Å²) in [5.41, 5.74) is 0.688. The zero-order valence-corrected chi connectivity index (χ0v) is 8.33. The van der Waals surface area contributed by atoms with E-state index in [9.17, 15) is 0 Å². The molecule has 0 aliphatic carbocycles. The smallest absolute Gasteiger partial charge is 0.112 e. The van der Waals surface area contributed by atoms with E-state index in [1.165, 1.54) is 0 Å². The van der Waals surface area contributed by atoms with Gasteiger partial charge in [-0.05, 0) is 12.1 Å². The van der Waals surface area contributed by atoms with E-state index in [2.05, 4.69) is 10.9 Å². The van der Waals surface area contributed by atoms with Crippen LogP contribution >= 0.6 is 0 Å². The second kappa shape index (κ2) is 12.4. The van der Waals surface area contributed by atoms with E-state index in [0.29, 0.717) is 5.69 Å². The quantitative estimate of drug-likeness (QED) is 0.535. The van der Waals surface area contributed by atoms with Crippen LogP contribution in [-0.2, 0) is 0 Å². The fraction of sp³-hybridized carbons (Fsp3) is 0.364. The Labute approximate surface area is 75.9 Å². The molecule has 0 aliphatic heterocycles. The van der Waals surface area contributed by atoms with Gasteiger partial charge in [0.25, 0.3) is 0 Å². The summed E-state index contributed by atoms with van der Waals surface area (Å²) < 4.78 is 0. The number of terminal acetylenes is 1. The first kappa shape index (κ1) is 13.3. The first-order valence-corrected chi connectivity index (χ1v) is 4.31. The van der Waals surface area contributed by atoms with Crippen LogP contribution < -0.4 is 0 Å². The predicted molar refractivity (Wildman–Crippen MR) is 54.9 cm³/mol. The molecule has 0 fully saturated rings. The Morgan fingerprint density at radius 2 is 1.75 bits per heavy atom. The van der Waals surface area contributed by atoms with Crippen LogP contribution in [0.5, 0.6) is 0 Å². The molecule has 0 bridgehead atoms. The van der Waals surface area contributed by atoms with Crippen molar-refractivity contribution >= 4 is 0 Å². The van der Waals surface area contributed by atoms with Crippen molar-refractivity contribution < 1.29 is 0 Å². The van der Waals surface area contributed by atoms with Gasteiger partial charge in [-0.15, -0.1) is 6.42 Å². The fourth-order valence-electron chi connectivity index (χ4n) is 0.448. The van der Waals surface area contributed by atoms with E-state index >= 15 is 0 Å². The Bertz CT molecular complexity index is 196. The predicted octanol–water partition coefficient (Wildman–Crippen LogP) is 3.12. The maximum absolute atomic E-state index is 5.04. The van der Waals surface area contributed by atoms with Crippen LogP contribution in [0, 0.1) is 12.3 Å². The Morgan fingerprint density at radius 3 is 2.00 bits per heavy atom. The molecule has 1 nitrogen and oxygen atoms in total. The molecule has 0 saturated carbocycles. The summed E-state index contributed by atoms with van der Waals surface area (Å²) in [5, 5.41) is 0. The number of pyridine rings is 1. The van der Waals surface area contributed by atoms with Crippen molar-refractivity contribution in [3.63, 3.8) is 0 Å². The van der Waals surface area contributed by atoms with Crippen molar-refractivity contribution in [1.82, 2.24) is 4.98 Å². The van der Waals surface area contributed by atoms with Gasteiger partial charge in [0.2, 0.25) is 0 Å². The molecule has 1 aromatic heterocycles. The van der Waals surface area contributed by atoms with Crippen molar-refractivity contribution in [1.29, 1.82) is 0 Å².